The molecule has 0 aromatic heterocycles. The molecule has 2 atom stereocenters. The number of amides is 1. The molecule has 0 heterocycles. The minimum atomic E-state index is 0.0363. The predicted molar refractivity (Wildman–Crippen MR) is 57.8 cm³/mol. The van der Waals surface area contributed by atoms with Crippen molar-refractivity contribution in [3.63, 3.8) is 0 Å². The number of rotatable bonds is 3. The van der Waals surface area contributed by atoms with Crippen molar-refractivity contribution in [3.8, 4) is 0 Å². The summed E-state index contributed by atoms with van der Waals surface area (Å²) in [7, 11) is 0. The van der Waals surface area contributed by atoms with Crippen molar-refractivity contribution in [1.82, 2.24) is 5.32 Å². The molecule has 1 aliphatic rings. The number of hydrogen-bond acceptors (Lipinski definition) is 2. The first-order valence-corrected chi connectivity index (χ1v) is 5.38. The molecule has 1 amide bonds. The first kappa shape index (κ1) is 11.2. The van der Waals surface area contributed by atoms with E-state index in [1.807, 2.05) is 19.9 Å². The fraction of sp³-hybridized carbons (Fsp3) is 0.727. The number of hydrogen-bond donors (Lipinski definition) is 2. The first-order valence-electron chi connectivity index (χ1n) is 5.38. The van der Waals surface area contributed by atoms with E-state index < -0.39 is 0 Å². The molecule has 1 rings (SSSR count). The van der Waals surface area contributed by atoms with Gasteiger partial charge in [-0.1, -0.05) is 13.0 Å². The Morgan fingerprint density at radius 2 is 2.29 bits per heavy atom. The molecule has 0 aliphatic heterocycles. The molecule has 3 heteroatoms. The van der Waals surface area contributed by atoms with Crippen LogP contribution in [0.5, 0.6) is 0 Å². The Balaban J connectivity index is 2.44. The van der Waals surface area contributed by atoms with Crippen molar-refractivity contribution in [2.75, 3.05) is 0 Å². The molecule has 0 saturated heterocycles. The van der Waals surface area contributed by atoms with Crippen molar-refractivity contribution in [2.24, 2.45) is 5.73 Å². The summed E-state index contributed by atoms with van der Waals surface area (Å²) >= 11 is 0. The van der Waals surface area contributed by atoms with Gasteiger partial charge < -0.3 is 11.1 Å². The van der Waals surface area contributed by atoms with Gasteiger partial charge in [0.05, 0.1) is 0 Å². The lowest BCUT2D eigenvalue weighted by Gasteiger charge is -2.17. The molecule has 3 nitrogen and oxygen atoms in total. The molecule has 14 heavy (non-hydrogen) atoms. The van der Waals surface area contributed by atoms with Gasteiger partial charge >= 0.3 is 0 Å². The van der Waals surface area contributed by atoms with E-state index in [1.54, 1.807) is 0 Å². The Hall–Kier alpha value is -0.830. The zero-order valence-corrected chi connectivity index (χ0v) is 9.05. The highest BCUT2D eigenvalue weighted by molar-refractivity contribution is 5.92. The van der Waals surface area contributed by atoms with E-state index in [0.717, 1.165) is 31.3 Å². The molecular formula is C11H20N2O. The number of carbonyl (C=O) groups excluding carboxylic acids is 1. The second-order valence-electron chi connectivity index (χ2n) is 3.97. The van der Waals surface area contributed by atoms with Crippen LogP contribution < -0.4 is 11.1 Å². The van der Waals surface area contributed by atoms with Crippen molar-refractivity contribution >= 4 is 5.91 Å². The van der Waals surface area contributed by atoms with E-state index in [1.165, 1.54) is 0 Å². The SMILES string of the molecule is CC/C=C(/C)C(=O)NC1CCCC1N. The smallest absolute Gasteiger partial charge is 0.246 e. The Kier molecular flexibility index (Phi) is 4.14. The summed E-state index contributed by atoms with van der Waals surface area (Å²) in [6, 6.07) is 0.330. The van der Waals surface area contributed by atoms with Gasteiger partial charge in [-0.25, -0.2) is 0 Å². The molecular weight excluding hydrogens is 176 g/mol. The molecule has 2 unspecified atom stereocenters. The van der Waals surface area contributed by atoms with Crippen LogP contribution in [0.1, 0.15) is 39.5 Å². The van der Waals surface area contributed by atoms with Gasteiger partial charge in [0.2, 0.25) is 5.91 Å². The lowest BCUT2D eigenvalue weighted by atomic mass is 10.1. The molecule has 80 valence electrons. The minimum Gasteiger partial charge on any atom is -0.348 e. The quantitative estimate of drug-likeness (QED) is 0.669. The molecule has 0 aromatic rings. The van der Waals surface area contributed by atoms with Gasteiger partial charge in [-0.15, -0.1) is 0 Å². The first-order chi connectivity index (χ1) is 6.65. The highest BCUT2D eigenvalue weighted by atomic mass is 16.1. The maximum atomic E-state index is 11.6. The number of nitrogens with one attached hydrogen (secondary N) is 1. The average Bonchev–Trinajstić information content (AvgIpc) is 2.52. The van der Waals surface area contributed by atoms with Crippen LogP contribution in [-0.2, 0) is 4.79 Å². The van der Waals surface area contributed by atoms with Gasteiger partial charge in [0.1, 0.15) is 0 Å². The van der Waals surface area contributed by atoms with E-state index in [9.17, 15) is 4.79 Å². The van der Waals surface area contributed by atoms with E-state index in [4.69, 9.17) is 5.73 Å². The highest BCUT2D eigenvalue weighted by Crippen LogP contribution is 2.17. The fourth-order valence-electron chi connectivity index (χ4n) is 1.85. The molecule has 3 N–H and O–H groups in total. The van der Waals surface area contributed by atoms with E-state index in [-0.39, 0.29) is 18.0 Å². The molecule has 0 aromatic carbocycles. The lowest BCUT2D eigenvalue weighted by molar-refractivity contribution is -0.118. The zero-order valence-electron chi connectivity index (χ0n) is 9.05. The predicted octanol–water partition coefficient (Wildman–Crippen LogP) is 1.34. The summed E-state index contributed by atoms with van der Waals surface area (Å²) in [6.07, 6.45) is 6.02. The van der Waals surface area contributed by atoms with Crippen molar-refractivity contribution < 1.29 is 4.79 Å². The summed E-state index contributed by atoms with van der Waals surface area (Å²) in [5.41, 5.74) is 6.66. The molecule has 0 radical (unpaired) electrons. The molecule has 0 spiro atoms. The molecule has 1 saturated carbocycles. The van der Waals surface area contributed by atoms with Gasteiger partial charge in [0.25, 0.3) is 0 Å². The van der Waals surface area contributed by atoms with E-state index in [2.05, 4.69) is 5.32 Å². The Labute approximate surface area is 85.7 Å². The number of nitrogens with two attached hydrogens (primary N) is 1. The van der Waals surface area contributed by atoms with Crippen LogP contribution >= 0.6 is 0 Å². The highest BCUT2D eigenvalue weighted by Gasteiger charge is 2.25. The summed E-state index contributed by atoms with van der Waals surface area (Å²) in [5, 5.41) is 2.98. The zero-order chi connectivity index (χ0) is 10.6. The number of carbonyl (C=O) groups is 1. The summed E-state index contributed by atoms with van der Waals surface area (Å²) in [4.78, 5) is 11.6. The molecule has 1 fully saturated rings. The van der Waals surface area contributed by atoms with Crippen LogP contribution in [0.15, 0.2) is 11.6 Å². The minimum absolute atomic E-state index is 0.0363. The Morgan fingerprint density at radius 1 is 1.57 bits per heavy atom. The molecule has 1 aliphatic carbocycles. The Bertz CT molecular complexity index is 235. The van der Waals surface area contributed by atoms with Gasteiger partial charge in [0.15, 0.2) is 0 Å². The summed E-state index contributed by atoms with van der Waals surface area (Å²) in [5.74, 6) is 0.0363. The second kappa shape index (κ2) is 5.15. The number of allylic oxidation sites excluding steroid dienone is 1. The van der Waals surface area contributed by atoms with Gasteiger partial charge in [0, 0.05) is 17.7 Å². The monoisotopic (exact) mass is 196 g/mol. The normalized spacial score (nSPS) is 27.8. The van der Waals surface area contributed by atoms with E-state index in [0.29, 0.717) is 0 Å². The van der Waals surface area contributed by atoms with Crippen molar-refractivity contribution in [1.29, 1.82) is 0 Å². The third-order valence-corrected chi connectivity index (χ3v) is 2.75. The second-order valence-corrected chi connectivity index (χ2v) is 3.97. The third-order valence-electron chi connectivity index (χ3n) is 2.75. The van der Waals surface area contributed by atoms with Crippen LogP contribution in [0.25, 0.3) is 0 Å². The van der Waals surface area contributed by atoms with E-state index >= 15 is 0 Å². The lowest BCUT2D eigenvalue weighted by Crippen LogP contribution is -2.44. The maximum Gasteiger partial charge on any atom is 0.246 e. The summed E-state index contributed by atoms with van der Waals surface area (Å²) < 4.78 is 0. The van der Waals surface area contributed by atoms with Crippen molar-refractivity contribution in [3.05, 3.63) is 11.6 Å². The third kappa shape index (κ3) is 2.84. The Morgan fingerprint density at radius 3 is 2.79 bits per heavy atom. The summed E-state index contributed by atoms with van der Waals surface area (Å²) in [6.45, 7) is 3.87. The molecule has 0 bridgehead atoms. The van der Waals surface area contributed by atoms with Crippen LogP contribution in [0.3, 0.4) is 0 Å². The van der Waals surface area contributed by atoms with Crippen LogP contribution in [-0.4, -0.2) is 18.0 Å². The largest absolute Gasteiger partial charge is 0.348 e. The van der Waals surface area contributed by atoms with Crippen LogP contribution in [0.2, 0.25) is 0 Å². The fourth-order valence-corrected chi connectivity index (χ4v) is 1.85. The topological polar surface area (TPSA) is 55.1 Å². The average molecular weight is 196 g/mol. The van der Waals surface area contributed by atoms with Crippen LogP contribution in [0.4, 0.5) is 0 Å². The van der Waals surface area contributed by atoms with Gasteiger partial charge in [-0.05, 0) is 32.6 Å². The standard InChI is InChI=1S/C11H20N2O/c1-3-5-8(2)11(14)13-10-7-4-6-9(10)12/h5,9-10H,3-4,6-7,12H2,1-2H3,(H,13,14)/b8-5-. The maximum absolute atomic E-state index is 11.6. The van der Waals surface area contributed by atoms with Gasteiger partial charge in [-0.3, -0.25) is 4.79 Å². The van der Waals surface area contributed by atoms with Gasteiger partial charge in [-0.2, -0.15) is 0 Å². The van der Waals surface area contributed by atoms with Crippen molar-refractivity contribution in [2.45, 2.75) is 51.6 Å². The van der Waals surface area contributed by atoms with Crippen LogP contribution in [0, 0.1) is 0 Å².